The molecule has 374 valence electrons. The molecule has 0 aromatic heterocycles. The summed E-state index contributed by atoms with van der Waals surface area (Å²) in [4.78, 5) is 101. The number of ether oxygens (including phenoxy) is 3. The van der Waals surface area contributed by atoms with Crippen LogP contribution in [0.3, 0.4) is 0 Å². The fourth-order valence-electron chi connectivity index (χ4n) is 7.83. The SMILES string of the molecule is C/C=C(\C)[C@H]1OC(=O)[C@@H](Cc2ccccc2)NC(=O)[C@H]([C@@H](C)CC)NC(=O)CN(C)C(=O)[C@H](Cc2ccccc2)N(C)C(=O)[C@H](C)NC(=O)[C@@H](CC(C)C)OC(=O)/C(C)=C/C[C@H](OCSC)[C@@H]1C. The zero-order valence-corrected chi connectivity index (χ0v) is 42.9. The van der Waals surface area contributed by atoms with E-state index in [0.717, 1.165) is 16.7 Å². The maximum Gasteiger partial charge on any atom is 0.334 e. The van der Waals surface area contributed by atoms with Gasteiger partial charge >= 0.3 is 11.9 Å². The summed E-state index contributed by atoms with van der Waals surface area (Å²) in [6, 6.07) is 13.7. The molecular weight excluding hydrogens is 887 g/mol. The third-order valence-electron chi connectivity index (χ3n) is 12.4. The number of allylic oxidation sites excluding steroid dienone is 1. The van der Waals surface area contributed by atoms with Crippen molar-refractivity contribution in [1.82, 2.24) is 25.8 Å². The molecule has 0 bridgehead atoms. The van der Waals surface area contributed by atoms with Gasteiger partial charge in [0, 0.05) is 38.4 Å². The predicted molar refractivity (Wildman–Crippen MR) is 265 cm³/mol. The summed E-state index contributed by atoms with van der Waals surface area (Å²) < 4.78 is 18.5. The minimum atomic E-state index is -1.25. The number of esters is 2. The number of hydrogen-bond acceptors (Lipinski definition) is 11. The molecule has 0 radical (unpaired) electrons. The summed E-state index contributed by atoms with van der Waals surface area (Å²) in [6.07, 6.45) is 3.80. The molecule has 2 aromatic carbocycles. The molecule has 1 aliphatic rings. The smallest absolute Gasteiger partial charge is 0.334 e. The van der Waals surface area contributed by atoms with E-state index in [4.69, 9.17) is 14.2 Å². The first-order valence-electron chi connectivity index (χ1n) is 23.5. The molecule has 1 heterocycles. The van der Waals surface area contributed by atoms with Gasteiger partial charge in [-0.25, -0.2) is 9.59 Å². The average Bonchev–Trinajstić information content (AvgIpc) is 3.32. The Morgan fingerprint density at radius 1 is 0.853 bits per heavy atom. The Kier molecular flexibility index (Phi) is 23.5. The van der Waals surface area contributed by atoms with Gasteiger partial charge in [0.15, 0.2) is 6.10 Å². The number of thioether (sulfide) groups is 1. The maximum atomic E-state index is 14.5. The molecule has 0 unspecified atom stereocenters. The third kappa shape index (κ3) is 17.2. The van der Waals surface area contributed by atoms with Gasteiger partial charge in [-0.1, -0.05) is 114 Å². The number of nitrogens with zero attached hydrogens (tertiary/aromatic N) is 2. The summed E-state index contributed by atoms with van der Waals surface area (Å²) in [5.74, 6) is -5.15. The molecule has 15 nitrogen and oxygen atoms in total. The fraction of sp³-hybridized carbons (Fsp3) is 0.558. The Morgan fingerprint density at radius 2 is 1.46 bits per heavy atom. The number of carbonyl (C=O) groups excluding carboxylic acids is 7. The van der Waals surface area contributed by atoms with Gasteiger partial charge in [-0.2, -0.15) is 0 Å². The zero-order chi connectivity index (χ0) is 50.7. The lowest BCUT2D eigenvalue weighted by atomic mass is 9.90. The van der Waals surface area contributed by atoms with Gasteiger partial charge in [0.2, 0.25) is 23.6 Å². The monoisotopic (exact) mass is 962 g/mol. The van der Waals surface area contributed by atoms with Crippen LogP contribution >= 0.6 is 11.8 Å². The Labute approximate surface area is 407 Å². The first-order valence-corrected chi connectivity index (χ1v) is 24.9. The van der Waals surface area contributed by atoms with Gasteiger partial charge in [0.25, 0.3) is 5.91 Å². The van der Waals surface area contributed by atoms with E-state index in [9.17, 15) is 33.6 Å². The van der Waals surface area contributed by atoms with E-state index in [2.05, 4.69) is 16.0 Å². The lowest BCUT2D eigenvalue weighted by Crippen LogP contribution is -2.58. The first kappa shape index (κ1) is 56.8. The van der Waals surface area contributed by atoms with Gasteiger partial charge in [-0.3, -0.25) is 24.0 Å². The van der Waals surface area contributed by atoms with E-state index in [1.54, 1.807) is 13.0 Å². The second-order valence-corrected chi connectivity index (χ2v) is 19.1. The van der Waals surface area contributed by atoms with Crippen molar-refractivity contribution in [3.05, 3.63) is 95.1 Å². The second-order valence-electron chi connectivity index (χ2n) is 18.3. The molecule has 3 rings (SSSR count). The summed E-state index contributed by atoms with van der Waals surface area (Å²) in [7, 11) is 2.89. The number of hydrogen-bond donors (Lipinski definition) is 3. The molecule has 16 heteroatoms. The fourth-order valence-corrected chi connectivity index (χ4v) is 8.15. The van der Waals surface area contributed by atoms with E-state index in [0.29, 0.717) is 12.4 Å². The highest BCUT2D eigenvalue weighted by Crippen LogP contribution is 2.27. The number of cyclic esters (lactones) is 2. The number of benzene rings is 2. The molecular formula is C52H75N5O10S. The average molecular weight is 962 g/mol. The lowest BCUT2D eigenvalue weighted by molar-refractivity contribution is -0.156. The highest BCUT2D eigenvalue weighted by Gasteiger charge is 2.38. The Bertz CT molecular complexity index is 2060. The Balaban J connectivity index is 2.18. The van der Waals surface area contributed by atoms with E-state index < -0.39 is 102 Å². The van der Waals surface area contributed by atoms with Crippen molar-refractivity contribution in [1.29, 1.82) is 0 Å². The predicted octanol–water partition coefficient (Wildman–Crippen LogP) is 5.81. The van der Waals surface area contributed by atoms with Crippen LogP contribution in [0.5, 0.6) is 0 Å². The quantitative estimate of drug-likeness (QED) is 0.132. The van der Waals surface area contributed by atoms with Gasteiger partial charge in [0.05, 0.1) is 18.6 Å². The van der Waals surface area contributed by atoms with Crippen LogP contribution in [0, 0.1) is 17.8 Å². The number of rotatable bonds is 12. The number of likely N-dealkylation sites (N-methyl/N-ethyl adjacent to an activating group) is 2. The van der Waals surface area contributed by atoms with Gasteiger partial charge < -0.3 is 40.0 Å². The van der Waals surface area contributed by atoms with Crippen LogP contribution < -0.4 is 16.0 Å². The Hall–Kier alpha value is -5.48. The van der Waals surface area contributed by atoms with Crippen molar-refractivity contribution in [3.63, 3.8) is 0 Å². The number of nitrogens with one attached hydrogen (secondary N) is 3. The summed E-state index contributed by atoms with van der Waals surface area (Å²) >= 11 is 1.46. The third-order valence-corrected chi connectivity index (χ3v) is 12.7. The van der Waals surface area contributed by atoms with Crippen LogP contribution in [-0.2, 0) is 60.6 Å². The maximum absolute atomic E-state index is 14.5. The highest BCUT2D eigenvalue weighted by atomic mass is 32.2. The molecule has 9 atom stereocenters. The van der Waals surface area contributed by atoms with Crippen molar-refractivity contribution < 1.29 is 47.8 Å². The van der Waals surface area contributed by atoms with Crippen molar-refractivity contribution in [2.45, 2.75) is 137 Å². The number of amides is 5. The molecule has 0 saturated heterocycles. The molecule has 0 spiro atoms. The van der Waals surface area contributed by atoms with Crippen LogP contribution in [0.4, 0.5) is 0 Å². The van der Waals surface area contributed by atoms with E-state index in [-0.39, 0.29) is 37.2 Å². The summed E-state index contributed by atoms with van der Waals surface area (Å²) in [5, 5.41) is 8.43. The van der Waals surface area contributed by atoms with Gasteiger partial charge in [0.1, 0.15) is 30.3 Å². The molecule has 68 heavy (non-hydrogen) atoms. The largest absolute Gasteiger partial charge is 0.456 e. The molecule has 1 aliphatic heterocycles. The number of carbonyl (C=O) groups is 7. The standard InChI is InChI=1S/C52H75N5O10S/c1-13-33(5)45-48(60)54-40(28-38-21-17-15-18-22-38)52(64)67-46(34(6)14-2)36(8)42(65-31-68-12)26-25-35(7)51(63)66-43(27-32(3)4)47(59)53-37(9)49(61)57(11)41(29-39-23-19-16-20-24-39)50(62)56(10)30-44(58)55-45/h14-25,32-33,36-37,40-43,45-46H,13,26-31H2,1-12H3,(H,53,59)(H,54,60)(H,55,58)/b34-14+,35-25+/t33-,36-,37-,40+,41-,42-,43+,45-,46+/m0/s1. The minimum absolute atomic E-state index is 0.0711. The lowest BCUT2D eigenvalue weighted by Gasteiger charge is -2.33. The molecule has 0 aliphatic carbocycles. The van der Waals surface area contributed by atoms with E-state index in [1.165, 1.54) is 42.6 Å². The first-order chi connectivity index (χ1) is 32.2. The Morgan fingerprint density at radius 3 is 2.01 bits per heavy atom. The molecule has 0 fully saturated rings. The van der Waals surface area contributed by atoms with E-state index >= 15 is 0 Å². The van der Waals surface area contributed by atoms with Crippen LogP contribution in [0.25, 0.3) is 0 Å². The molecule has 5 amide bonds. The van der Waals surface area contributed by atoms with Crippen molar-refractivity contribution in [2.75, 3.05) is 32.8 Å². The van der Waals surface area contributed by atoms with E-state index in [1.807, 2.05) is 121 Å². The zero-order valence-electron chi connectivity index (χ0n) is 42.0. The van der Waals surface area contributed by atoms with Crippen LogP contribution in [0.1, 0.15) is 92.7 Å². The summed E-state index contributed by atoms with van der Waals surface area (Å²) in [6.45, 7) is 15.6. The van der Waals surface area contributed by atoms with Crippen molar-refractivity contribution in [2.24, 2.45) is 17.8 Å². The molecule has 3 N–H and O–H groups in total. The van der Waals surface area contributed by atoms with Crippen LogP contribution in [0.2, 0.25) is 0 Å². The normalized spacial score (nSPS) is 26.5. The molecule has 0 saturated carbocycles. The van der Waals surface area contributed by atoms with Crippen molar-refractivity contribution >= 4 is 53.2 Å². The van der Waals surface area contributed by atoms with Crippen molar-refractivity contribution in [3.8, 4) is 0 Å². The van der Waals surface area contributed by atoms with Gasteiger partial charge in [-0.15, -0.1) is 11.8 Å². The minimum Gasteiger partial charge on any atom is -0.456 e. The summed E-state index contributed by atoms with van der Waals surface area (Å²) in [5.41, 5.74) is 2.46. The van der Waals surface area contributed by atoms with Gasteiger partial charge in [-0.05, 0) is 75.3 Å². The second kappa shape index (κ2) is 28.1. The molecule has 2 aromatic rings. The topological polar surface area (TPSA) is 190 Å². The van der Waals surface area contributed by atoms with Crippen LogP contribution in [-0.4, -0.2) is 127 Å². The highest BCUT2D eigenvalue weighted by molar-refractivity contribution is 7.98. The van der Waals surface area contributed by atoms with Crippen LogP contribution in [0.15, 0.2) is 84.0 Å².